The van der Waals surface area contributed by atoms with Crippen LogP contribution in [0.1, 0.15) is 0 Å². The molecule has 7 heteroatoms. The molecule has 0 saturated heterocycles. The van der Waals surface area contributed by atoms with E-state index in [0.29, 0.717) is 14.6 Å². The Morgan fingerprint density at radius 3 is 2.32 bits per heavy atom. The quantitative estimate of drug-likeness (QED) is 0.639. The molecule has 0 bridgehead atoms. The van der Waals surface area contributed by atoms with Gasteiger partial charge in [0.1, 0.15) is 0 Å². The number of halogens is 1. The van der Waals surface area contributed by atoms with Gasteiger partial charge in [-0.05, 0) is 58.0 Å². The molecule has 0 aliphatic rings. The second-order valence-electron chi connectivity index (χ2n) is 4.90. The van der Waals surface area contributed by atoms with Gasteiger partial charge in [-0.25, -0.2) is 8.42 Å². The fourth-order valence-corrected chi connectivity index (χ4v) is 3.22. The monoisotopic (exact) mass is 426 g/mol. The molecule has 1 heterocycles. The van der Waals surface area contributed by atoms with Crippen molar-refractivity contribution in [2.24, 2.45) is 0 Å². The average Bonchev–Trinajstić information content (AvgIpc) is 2.50. The van der Waals surface area contributed by atoms with E-state index in [1.165, 1.54) is 6.26 Å². The molecule has 0 atom stereocenters. The van der Waals surface area contributed by atoms with Crippen LogP contribution in [0.3, 0.4) is 0 Å². The highest BCUT2D eigenvalue weighted by atomic mass is 127. The first-order valence-corrected chi connectivity index (χ1v) is 9.32. The third-order valence-electron chi connectivity index (χ3n) is 3.34. The van der Waals surface area contributed by atoms with Crippen LogP contribution in [0.15, 0.2) is 52.2 Å². The van der Waals surface area contributed by atoms with Crippen LogP contribution in [0.25, 0.3) is 22.0 Å². The van der Waals surface area contributed by atoms with Gasteiger partial charge in [0.05, 0.1) is 10.4 Å². The van der Waals surface area contributed by atoms with Gasteiger partial charge in [-0.1, -0.05) is 18.2 Å². The summed E-state index contributed by atoms with van der Waals surface area (Å²) in [6.45, 7) is 0. The maximum Gasteiger partial charge on any atom is 0.221 e. The highest BCUT2D eigenvalue weighted by molar-refractivity contribution is 14.1. The molecule has 0 spiro atoms. The highest BCUT2D eigenvalue weighted by Gasteiger charge is 2.08. The lowest BCUT2D eigenvalue weighted by Crippen LogP contribution is -2.09. The van der Waals surface area contributed by atoms with Crippen LogP contribution < -0.4 is 5.43 Å². The van der Waals surface area contributed by atoms with Crippen molar-refractivity contribution >= 4 is 43.3 Å². The first-order chi connectivity index (χ1) is 10.4. The Kier molecular flexibility index (Phi) is 3.77. The number of nitrogens with one attached hydrogen (secondary N) is 1. The SMILES string of the molecule is CS(=O)(=O)c1ccc(-c2ccc3c(=O)c(I)n[nH]c3c2)cc1. The van der Waals surface area contributed by atoms with E-state index in [4.69, 9.17) is 0 Å². The lowest BCUT2D eigenvalue weighted by Gasteiger charge is -2.05. The van der Waals surface area contributed by atoms with Crippen LogP contribution in [-0.2, 0) is 9.84 Å². The van der Waals surface area contributed by atoms with Crippen molar-refractivity contribution in [2.45, 2.75) is 4.90 Å². The third kappa shape index (κ3) is 2.78. The molecular formula is C15H11IN2O3S. The summed E-state index contributed by atoms with van der Waals surface area (Å²) in [4.78, 5) is 12.3. The fourth-order valence-electron chi connectivity index (χ4n) is 2.18. The molecule has 0 amide bonds. The molecule has 5 nitrogen and oxygen atoms in total. The lowest BCUT2D eigenvalue weighted by molar-refractivity contribution is 0.602. The maximum absolute atomic E-state index is 12.0. The summed E-state index contributed by atoms with van der Waals surface area (Å²) in [7, 11) is -3.21. The molecule has 2 aromatic carbocycles. The Morgan fingerprint density at radius 1 is 1.05 bits per heavy atom. The number of nitrogens with zero attached hydrogens (tertiary/aromatic N) is 1. The molecular weight excluding hydrogens is 415 g/mol. The summed E-state index contributed by atoms with van der Waals surface area (Å²) in [5, 5.41) is 7.39. The molecule has 1 aromatic heterocycles. The van der Waals surface area contributed by atoms with Crippen molar-refractivity contribution < 1.29 is 8.42 Å². The Balaban J connectivity index is 2.11. The second kappa shape index (κ2) is 5.47. The summed E-state index contributed by atoms with van der Waals surface area (Å²) in [6.07, 6.45) is 1.18. The molecule has 112 valence electrons. The predicted octanol–water partition coefficient (Wildman–Crippen LogP) is 2.60. The van der Waals surface area contributed by atoms with Gasteiger partial charge in [0.15, 0.2) is 13.5 Å². The second-order valence-corrected chi connectivity index (χ2v) is 7.94. The van der Waals surface area contributed by atoms with E-state index in [1.54, 1.807) is 30.3 Å². The average molecular weight is 426 g/mol. The standard InChI is InChI=1S/C15H11IN2O3S/c1-22(20,21)11-5-2-9(3-6-11)10-4-7-12-13(8-10)17-18-15(16)14(12)19/h2-8H,1H3,(H,17,19). The number of fused-ring (bicyclic) bond motifs is 1. The Bertz CT molecular complexity index is 1020. The van der Waals surface area contributed by atoms with Gasteiger partial charge in [-0.3, -0.25) is 9.89 Å². The van der Waals surface area contributed by atoms with Crippen LogP contribution in [0, 0.1) is 3.70 Å². The van der Waals surface area contributed by atoms with Gasteiger partial charge in [-0.15, -0.1) is 0 Å². The summed E-state index contributed by atoms with van der Waals surface area (Å²) in [5.74, 6) is 0. The van der Waals surface area contributed by atoms with Crippen LogP contribution in [0.4, 0.5) is 0 Å². The molecule has 0 fully saturated rings. The molecule has 3 aromatic rings. The Hall–Kier alpha value is -1.74. The number of sulfone groups is 1. The van der Waals surface area contributed by atoms with Crippen molar-refractivity contribution in [3.63, 3.8) is 0 Å². The molecule has 1 N–H and O–H groups in total. The van der Waals surface area contributed by atoms with Crippen molar-refractivity contribution in [1.29, 1.82) is 0 Å². The maximum atomic E-state index is 12.0. The third-order valence-corrected chi connectivity index (χ3v) is 5.20. The zero-order valence-corrected chi connectivity index (χ0v) is 14.5. The van der Waals surface area contributed by atoms with Gasteiger partial charge in [0, 0.05) is 11.6 Å². The predicted molar refractivity (Wildman–Crippen MR) is 93.6 cm³/mol. The molecule has 22 heavy (non-hydrogen) atoms. The summed E-state index contributed by atoms with van der Waals surface area (Å²) < 4.78 is 23.4. The number of H-pyrrole nitrogens is 1. The zero-order valence-electron chi connectivity index (χ0n) is 11.5. The summed E-state index contributed by atoms with van der Waals surface area (Å²) in [5.41, 5.74) is 2.29. The van der Waals surface area contributed by atoms with E-state index < -0.39 is 9.84 Å². The first-order valence-electron chi connectivity index (χ1n) is 6.35. The number of benzene rings is 2. The van der Waals surface area contributed by atoms with Gasteiger partial charge in [-0.2, -0.15) is 5.10 Å². The number of hydrogen-bond acceptors (Lipinski definition) is 4. The largest absolute Gasteiger partial charge is 0.286 e. The van der Waals surface area contributed by atoms with Crippen molar-refractivity contribution in [1.82, 2.24) is 10.2 Å². The van der Waals surface area contributed by atoms with Gasteiger partial charge in [0.2, 0.25) is 5.43 Å². The molecule has 0 unspecified atom stereocenters. The van der Waals surface area contributed by atoms with E-state index in [2.05, 4.69) is 10.2 Å². The highest BCUT2D eigenvalue weighted by Crippen LogP contribution is 2.23. The van der Waals surface area contributed by atoms with Crippen LogP contribution in [0.2, 0.25) is 0 Å². The number of rotatable bonds is 2. The van der Waals surface area contributed by atoms with E-state index in [9.17, 15) is 13.2 Å². The molecule has 0 aliphatic carbocycles. The topological polar surface area (TPSA) is 79.9 Å². The number of hydrogen-bond donors (Lipinski definition) is 1. The normalized spacial score (nSPS) is 11.7. The van der Waals surface area contributed by atoms with Gasteiger partial charge >= 0.3 is 0 Å². The molecule has 0 saturated carbocycles. The first kappa shape index (κ1) is 15.2. The minimum atomic E-state index is -3.21. The van der Waals surface area contributed by atoms with Crippen molar-refractivity contribution in [3.8, 4) is 11.1 Å². The molecule has 0 aliphatic heterocycles. The van der Waals surface area contributed by atoms with E-state index >= 15 is 0 Å². The smallest absolute Gasteiger partial charge is 0.221 e. The van der Waals surface area contributed by atoms with Crippen LogP contribution in [0.5, 0.6) is 0 Å². The van der Waals surface area contributed by atoms with Crippen LogP contribution >= 0.6 is 22.6 Å². The molecule has 3 rings (SSSR count). The lowest BCUT2D eigenvalue weighted by atomic mass is 10.0. The summed E-state index contributed by atoms with van der Waals surface area (Å²) in [6, 6.07) is 12.1. The number of aromatic amines is 1. The van der Waals surface area contributed by atoms with Crippen molar-refractivity contribution in [3.05, 3.63) is 56.4 Å². The number of aromatic nitrogens is 2. The van der Waals surface area contributed by atoms with Gasteiger partial charge in [0.25, 0.3) is 0 Å². The van der Waals surface area contributed by atoms with Crippen molar-refractivity contribution in [2.75, 3.05) is 6.26 Å². The summed E-state index contributed by atoms with van der Waals surface area (Å²) >= 11 is 1.89. The molecule has 0 radical (unpaired) electrons. The Labute approximate surface area is 140 Å². The van der Waals surface area contributed by atoms with Gasteiger partial charge < -0.3 is 0 Å². The minimum absolute atomic E-state index is 0.103. The fraction of sp³-hybridized carbons (Fsp3) is 0.0667. The zero-order chi connectivity index (χ0) is 15.9. The Morgan fingerprint density at radius 2 is 1.68 bits per heavy atom. The van der Waals surface area contributed by atoms with E-state index in [0.717, 1.165) is 11.1 Å². The van der Waals surface area contributed by atoms with Crippen LogP contribution in [-0.4, -0.2) is 24.9 Å². The van der Waals surface area contributed by atoms with E-state index in [1.807, 2.05) is 34.7 Å². The van der Waals surface area contributed by atoms with E-state index in [-0.39, 0.29) is 10.3 Å². The minimum Gasteiger partial charge on any atom is -0.286 e.